The summed E-state index contributed by atoms with van der Waals surface area (Å²) < 4.78 is 24.3. The number of hydrogen-bond donors (Lipinski definition) is 1. The van der Waals surface area contributed by atoms with Crippen LogP contribution in [0.25, 0.3) is 10.6 Å². The highest BCUT2D eigenvalue weighted by atomic mass is 32.1. The molecular formula is C14H14FNO4S. The van der Waals surface area contributed by atoms with E-state index in [4.69, 9.17) is 9.84 Å². The summed E-state index contributed by atoms with van der Waals surface area (Å²) in [6.45, 7) is 1.71. The smallest absolute Gasteiger partial charge is 0.341 e. The van der Waals surface area contributed by atoms with E-state index in [0.717, 1.165) is 4.88 Å². The molecule has 2 aromatic rings. The highest BCUT2D eigenvalue weighted by Crippen LogP contribution is 2.32. The van der Waals surface area contributed by atoms with Crippen molar-refractivity contribution in [2.24, 2.45) is 0 Å². The summed E-state index contributed by atoms with van der Waals surface area (Å²) >= 11 is 1.31. The summed E-state index contributed by atoms with van der Waals surface area (Å²) in [4.78, 5) is 16.7. The summed E-state index contributed by atoms with van der Waals surface area (Å²) in [6.07, 6.45) is 1.62. The minimum atomic E-state index is -0.795. The Bertz CT molecular complexity index is 656. The van der Waals surface area contributed by atoms with Crippen LogP contribution in [0.4, 0.5) is 4.39 Å². The molecule has 112 valence electrons. The van der Waals surface area contributed by atoms with E-state index in [2.05, 4.69) is 9.72 Å². The second-order valence-corrected chi connectivity index (χ2v) is 5.41. The minimum Gasteiger partial charge on any atom is -0.491 e. The lowest BCUT2D eigenvalue weighted by molar-refractivity contribution is 0.0595. The van der Waals surface area contributed by atoms with Gasteiger partial charge in [-0.2, -0.15) is 0 Å². The molecule has 1 heterocycles. The number of thiazole rings is 1. The predicted octanol–water partition coefficient (Wildman–Crippen LogP) is 2.42. The van der Waals surface area contributed by atoms with E-state index in [1.807, 2.05) is 6.92 Å². The van der Waals surface area contributed by atoms with Crippen molar-refractivity contribution in [3.63, 3.8) is 0 Å². The zero-order valence-corrected chi connectivity index (χ0v) is 12.4. The highest BCUT2D eigenvalue weighted by Gasteiger charge is 2.20. The molecule has 21 heavy (non-hydrogen) atoms. The Morgan fingerprint density at radius 1 is 1.48 bits per heavy atom. The molecule has 0 saturated heterocycles. The van der Waals surface area contributed by atoms with E-state index in [1.165, 1.54) is 30.6 Å². The van der Waals surface area contributed by atoms with Crippen molar-refractivity contribution in [2.45, 2.75) is 6.92 Å². The quantitative estimate of drug-likeness (QED) is 0.859. The number of ether oxygens (including phenoxy) is 2. The first-order chi connectivity index (χ1) is 10.1. The second-order valence-electron chi connectivity index (χ2n) is 4.17. The monoisotopic (exact) mass is 311 g/mol. The molecular weight excluding hydrogens is 297 g/mol. The van der Waals surface area contributed by atoms with Crippen LogP contribution in [0, 0.1) is 12.7 Å². The lowest BCUT2D eigenvalue weighted by atomic mass is 10.1. The molecule has 2 rings (SSSR count). The molecule has 0 fully saturated rings. The van der Waals surface area contributed by atoms with E-state index in [1.54, 1.807) is 6.20 Å². The van der Waals surface area contributed by atoms with Crippen LogP contribution in [0.3, 0.4) is 0 Å². The van der Waals surface area contributed by atoms with Crippen molar-refractivity contribution in [3.8, 4) is 16.3 Å². The van der Waals surface area contributed by atoms with Gasteiger partial charge in [0.25, 0.3) is 0 Å². The van der Waals surface area contributed by atoms with Crippen LogP contribution in [0.15, 0.2) is 18.3 Å². The normalized spacial score (nSPS) is 10.5. The topological polar surface area (TPSA) is 68.7 Å². The zero-order chi connectivity index (χ0) is 15.4. The number of esters is 1. The number of carbonyl (C=O) groups excluding carboxylic acids is 1. The van der Waals surface area contributed by atoms with Gasteiger partial charge in [-0.25, -0.2) is 14.2 Å². The first kappa shape index (κ1) is 15.4. The molecule has 0 saturated carbocycles. The third-order valence-corrected chi connectivity index (χ3v) is 3.61. The molecule has 0 aliphatic rings. The number of nitrogens with zero attached hydrogens (tertiary/aromatic N) is 1. The molecule has 0 bridgehead atoms. The lowest BCUT2D eigenvalue weighted by Crippen LogP contribution is -2.08. The number of benzene rings is 1. The predicted molar refractivity (Wildman–Crippen MR) is 76.2 cm³/mol. The molecule has 0 unspecified atom stereocenters. The molecule has 0 aliphatic carbocycles. The second kappa shape index (κ2) is 6.64. The summed E-state index contributed by atoms with van der Waals surface area (Å²) in [7, 11) is 1.18. The van der Waals surface area contributed by atoms with Gasteiger partial charge < -0.3 is 14.6 Å². The van der Waals surface area contributed by atoms with Gasteiger partial charge in [-0.3, -0.25) is 0 Å². The average Bonchev–Trinajstić information content (AvgIpc) is 2.91. The van der Waals surface area contributed by atoms with Crippen LogP contribution in [0.2, 0.25) is 0 Å². The molecule has 0 aliphatic heterocycles. The first-order valence-electron chi connectivity index (χ1n) is 6.15. The Morgan fingerprint density at radius 3 is 2.81 bits per heavy atom. The Balaban J connectivity index is 2.54. The highest BCUT2D eigenvalue weighted by molar-refractivity contribution is 7.14. The van der Waals surface area contributed by atoms with E-state index in [9.17, 15) is 9.18 Å². The van der Waals surface area contributed by atoms with Gasteiger partial charge in [0.1, 0.15) is 23.2 Å². The molecule has 1 aromatic carbocycles. The molecule has 0 radical (unpaired) electrons. The number of carbonyl (C=O) groups is 1. The summed E-state index contributed by atoms with van der Waals surface area (Å²) in [6, 6.07) is 2.70. The number of aryl methyl sites for hydroxylation is 1. The summed E-state index contributed by atoms with van der Waals surface area (Å²) in [5.41, 5.74) is -0.0558. The fourth-order valence-corrected chi connectivity index (χ4v) is 2.51. The number of aromatic nitrogens is 1. The number of aliphatic hydroxyl groups is 1. The maximum Gasteiger partial charge on any atom is 0.341 e. The number of methoxy groups -OCH3 is 1. The lowest BCUT2D eigenvalue weighted by Gasteiger charge is -2.10. The third kappa shape index (κ3) is 3.37. The largest absolute Gasteiger partial charge is 0.491 e. The van der Waals surface area contributed by atoms with Gasteiger partial charge >= 0.3 is 5.97 Å². The molecule has 0 atom stereocenters. The van der Waals surface area contributed by atoms with E-state index in [0.29, 0.717) is 5.01 Å². The van der Waals surface area contributed by atoms with Crippen LogP contribution < -0.4 is 4.74 Å². The van der Waals surface area contributed by atoms with Crippen molar-refractivity contribution >= 4 is 17.3 Å². The van der Waals surface area contributed by atoms with Gasteiger partial charge in [-0.15, -0.1) is 11.3 Å². The maximum atomic E-state index is 14.5. The number of halogens is 1. The first-order valence-corrected chi connectivity index (χ1v) is 6.96. The van der Waals surface area contributed by atoms with E-state index in [-0.39, 0.29) is 30.1 Å². The standard InChI is InChI=1S/C14H14FNO4S/c1-8-7-16-13(21-8)10-5-9(20-4-3-17)6-11(12(10)15)14(18)19-2/h5-7,17H,3-4H2,1-2H3. The number of rotatable bonds is 5. The van der Waals surface area contributed by atoms with Crippen LogP contribution in [-0.4, -0.2) is 36.4 Å². The number of aliphatic hydroxyl groups excluding tert-OH is 1. The van der Waals surface area contributed by atoms with E-state index < -0.39 is 11.8 Å². The van der Waals surface area contributed by atoms with E-state index >= 15 is 0 Å². The molecule has 1 N–H and O–H groups in total. The van der Waals surface area contributed by atoms with Crippen molar-refractivity contribution in [3.05, 3.63) is 34.6 Å². The van der Waals surface area contributed by atoms with Crippen molar-refractivity contribution in [1.82, 2.24) is 4.98 Å². The minimum absolute atomic E-state index is 0.0442. The van der Waals surface area contributed by atoms with Gasteiger partial charge in [0.05, 0.1) is 24.8 Å². The molecule has 1 aromatic heterocycles. The van der Waals surface area contributed by atoms with Crippen LogP contribution in [0.1, 0.15) is 15.2 Å². The Kier molecular flexibility index (Phi) is 4.87. The van der Waals surface area contributed by atoms with Crippen molar-refractivity contribution in [1.29, 1.82) is 0 Å². The fourth-order valence-electron chi connectivity index (χ4n) is 1.74. The summed E-state index contributed by atoms with van der Waals surface area (Å²) in [5, 5.41) is 9.24. The third-order valence-electron chi connectivity index (χ3n) is 2.66. The zero-order valence-electron chi connectivity index (χ0n) is 11.6. The van der Waals surface area contributed by atoms with Gasteiger partial charge in [0.15, 0.2) is 0 Å². The van der Waals surface area contributed by atoms with Crippen molar-refractivity contribution in [2.75, 3.05) is 20.3 Å². The molecule has 0 amide bonds. The molecule has 7 heteroatoms. The fraction of sp³-hybridized carbons (Fsp3) is 0.286. The van der Waals surface area contributed by atoms with Crippen LogP contribution in [0.5, 0.6) is 5.75 Å². The average molecular weight is 311 g/mol. The summed E-state index contributed by atoms with van der Waals surface area (Å²) in [5.74, 6) is -1.22. The van der Waals surface area contributed by atoms with Gasteiger partial charge in [0, 0.05) is 11.1 Å². The Morgan fingerprint density at radius 2 is 2.24 bits per heavy atom. The van der Waals surface area contributed by atoms with Gasteiger partial charge in [-0.1, -0.05) is 0 Å². The SMILES string of the molecule is COC(=O)c1cc(OCCO)cc(-c2ncc(C)s2)c1F. The molecule has 5 nitrogen and oxygen atoms in total. The van der Waals surface area contributed by atoms with Crippen LogP contribution >= 0.6 is 11.3 Å². The van der Waals surface area contributed by atoms with Crippen LogP contribution in [-0.2, 0) is 4.74 Å². The molecule has 0 spiro atoms. The Labute approximate surface area is 125 Å². The number of hydrogen-bond acceptors (Lipinski definition) is 6. The van der Waals surface area contributed by atoms with Gasteiger partial charge in [0.2, 0.25) is 0 Å². The Hall–Kier alpha value is -1.99. The van der Waals surface area contributed by atoms with Crippen molar-refractivity contribution < 1.29 is 23.8 Å². The maximum absolute atomic E-state index is 14.5. The van der Waals surface area contributed by atoms with Gasteiger partial charge in [-0.05, 0) is 19.1 Å².